The number of benzene rings is 2. The maximum Gasteiger partial charge on any atom is 0.458 e. The van der Waals surface area contributed by atoms with E-state index in [-0.39, 0.29) is 12.1 Å². The molecule has 0 spiro atoms. The minimum Gasteiger partial charge on any atom is -0.339 e. The molecule has 0 unspecified atom stereocenters. The van der Waals surface area contributed by atoms with Crippen molar-refractivity contribution in [2.75, 3.05) is 29.0 Å². The molecular weight excluding hydrogens is 620 g/mol. The number of alkyl halides is 6. The molecule has 2 aliphatic heterocycles. The summed E-state index contributed by atoms with van der Waals surface area (Å²) in [5.41, 5.74) is 4.73. The van der Waals surface area contributed by atoms with Gasteiger partial charge in [-0.05, 0) is 67.3 Å². The number of aryl methyl sites for hydroxylation is 2. The van der Waals surface area contributed by atoms with Crippen LogP contribution in [0.15, 0.2) is 48.7 Å². The zero-order chi connectivity index (χ0) is 32.1. The second-order valence-corrected chi connectivity index (χ2v) is 10.1. The molecule has 234 valence electrons. The first-order valence-corrected chi connectivity index (χ1v) is 13.4. The molecule has 44 heavy (non-hydrogen) atoms. The first-order chi connectivity index (χ1) is 20.7. The number of nitrogens with zero attached hydrogens (tertiary/aromatic N) is 2. The summed E-state index contributed by atoms with van der Waals surface area (Å²) < 4.78 is 67.0. The van der Waals surface area contributed by atoms with Crippen molar-refractivity contribution in [2.24, 2.45) is 0 Å². The highest BCUT2D eigenvalue weighted by atomic mass is 35.5. The van der Waals surface area contributed by atoms with Gasteiger partial charge in [0.1, 0.15) is 5.02 Å². The molecule has 1 saturated heterocycles. The monoisotopic (exact) mass is 643 g/mol. The molecule has 0 radical (unpaired) electrons. The van der Waals surface area contributed by atoms with E-state index in [1.807, 2.05) is 30.3 Å². The lowest BCUT2D eigenvalue weighted by Gasteiger charge is -2.16. The van der Waals surface area contributed by atoms with Gasteiger partial charge >= 0.3 is 30.0 Å². The highest BCUT2D eigenvalue weighted by molar-refractivity contribution is 6.41. The fourth-order valence-electron chi connectivity index (χ4n) is 4.24. The standard InChI is InChI=1S/C23H24ClN7O.C4F6O2/c24-19-13-26-22-28-16-3-1-2-14(10-16)4-5-15-11-17(27-21(19)31-22)6-7-20(15)30-23(32)29-18-8-9-25-12-18;5-3(6,7)1(11)2(12)4(8,9)10/h1-3,6-7,10-11,13,18,25H,4-5,8-9,12H2,(H2,29,30,32)(H2,26,27,28,31);/t18-;/m0./s1. The molecule has 6 bridgehead atoms. The Balaban J connectivity index is 0.000000314. The summed E-state index contributed by atoms with van der Waals surface area (Å²) in [7, 11) is 0. The lowest BCUT2D eigenvalue weighted by atomic mass is 10.0. The van der Waals surface area contributed by atoms with Crippen LogP contribution in [0.1, 0.15) is 17.5 Å². The van der Waals surface area contributed by atoms with Gasteiger partial charge in [-0.15, -0.1) is 0 Å². The quantitative estimate of drug-likeness (QED) is 0.188. The van der Waals surface area contributed by atoms with Crippen LogP contribution in [0.3, 0.4) is 0 Å². The number of aromatic nitrogens is 2. The molecule has 3 heterocycles. The molecular formula is C27H24ClF6N7O3. The van der Waals surface area contributed by atoms with Gasteiger partial charge in [0.05, 0.1) is 6.20 Å². The van der Waals surface area contributed by atoms with Gasteiger partial charge in [0.15, 0.2) is 5.82 Å². The second-order valence-electron chi connectivity index (χ2n) is 9.65. The normalized spacial score (nSPS) is 15.9. The fourth-order valence-corrected chi connectivity index (χ4v) is 4.38. The van der Waals surface area contributed by atoms with E-state index in [0.717, 1.165) is 55.0 Å². The maximum atomic E-state index is 12.6. The van der Waals surface area contributed by atoms with Crippen molar-refractivity contribution < 1.29 is 40.7 Å². The van der Waals surface area contributed by atoms with Crippen LogP contribution in [-0.2, 0) is 22.4 Å². The highest BCUT2D eigenvalue weighted by Crippen LogP contribution is 2.29. The number of fused-ring (bicyclic) bond motifs is 6. The number of rotatable bonds is 3. The summed E-state index contributed by atoms with van der Waals surface area (Å²) in [6.07, 6.45) is -7.45. The Morgan fingerprint density at radius 3 is 2.27 bits per heavy atom. The largest absolute Gasteiger partial charge is 0.458 e. The molecule has 3 aromatic rings. The summed E-state index contributed by atoms with van der Waals surface area (Å²) in [6, 6.07) is 14.0. The lowest BCUT2D eigenvalue weighted by molar-refractivity contribution is -0.193. The minimum atomic E-state index is -5.77. The van der Waals surface area contributed by atoms with E-state index in [1.165, 1.54) is 5.56 Å². The van der Waals surface area contributed by atoms with E-state index in [4.69, 9.17) is 11.6 Å². The number of carbonyl (C=O) groups excluding carboxylic acids is 3. The van der Waals surface area contributed by atoms with Crippen LogP contribution in [0.2, 0.25) is 5.02 Å². The van der Waals surface area contributed by atoms with Crippen molar-refractivity contribution in [3.63, 3.8) is 0 Å². The third-order valence-electron chi connectivity index (χ3n) is 6.34. The molecule has 2 amide bonds. The van der Waals surface area contributed by atoms with Gasteiger partial charge in [0.25, 0.3) is 0 Å². The number of hydrogen-bond donors (Lipinski definition) is 5. The van der Waals surface area contributed by atoms with E-state index < -0.39 is 23.9 Å². The highest BCUT2D eigenvalue weighted by Gasteiger charge is 2.54. The summed E-state index contributed by atoms with van der Waals surface area (Å²) in [5.74, 6) is -5.84. The van der Waals surface area contributed by atoms with Crippen LogP contribution in [0, 0.1) is 0 Å². The van der Waals surface area contributed by atoms with E-state index in [9.17, 15) is 40.7 Å². The molecule has 1 aromatic heterocycles. The Morgan fingerprint density at radius 1 is 0.909 bits per heavy atom. The summed E-state index contributed by atoms with van der Waals surface area (Å²) in [6.45, 7) is 1.73. The van der Waals surface area contributed by atoms with Gasteiger partial charge in [-0.25, -0.2) is 9.78 Å². The van der Waals surface area contributed by atoms with Crippen LogP contribution in [-0.4, -0.2) is 59.0 Å². The topological polar surface area (TPSA) is 137 Å². The van der Waals surface area contributed by atoms with E-state index in [2.05, 4.69) is 48.7 Å². The summed E-state index contributed by atoms with van der Waals surface area (Å²) in [4.78, 5) is 40.6. The van der Waals surface area contributed by atoms with Gasteiger partial charge in [-0.3, -0.25) is 9.59 Å². The predicted molar refractivity (Wildman–Crippen MR) is 149 cm³/mol. The molecule has 10 nitrogen and oxygen atoms in total. The third-order valence-corrected chi connectivity index (χ3v) is 6.62. The first kappa shape index (κ1) is 32.5. The third kappa shape index (κ3) is 8.79. The van der Waals surface area contributed by atoms with Crippen LogP contribution in [0.4, 0.5) is 60.0 Å². The lowest BCUT2D eigenvalue weighted by Crippen LogP contribution is -2.39. The Labute approximate surface area is 251 Å². The summed E-state index contributed by atoms with van der Waals surface area (Å²) >= 11 is 6.33. The van der Waals surface area contributed by atoms with Crippen molar-refractivity contribution in [1.82, 2.24) is 20.6 Å². The van der Waals surface area contributed by atoms with Gasteiger partial charge in [0.2, 0.25) is 5.95 Å². The summed E-state index contributed by atoms with van der Waals surface area (Å²) in [5, 5.41) is 16.3. The number of nitrogens with one attached hydrogen (secondary N) is 5. The van der Waals surface area contributed by atoms with Crippen LogP contribution in [0.5, 0.6) is 0 Å². The van der Waals surface area contributed by atoms with Gasteiger partial charge in [-0.1, -0.05) is 23.7 Å². The molecule has 0 saturated carbocycles. The Kier molecular flexibility index (Phi) is 9.94. The molecule has 5 rings (SSSR count). The zero-order valence-corrected chi connectivity index (χ0v) is 23.3. The van der Waals surface area contributed by atoms with Gasteiger partial charge in [-0.2, -0.15) is 31.3 Å². The SMILES string of the molecule is O=C(C(=O)C(F)(F)F)C(F)(F)F.O=C(Nc1ccc2cc1CCc1cccc(c1)Nc1ncc(Cl)c(n1)N2)N[C@H]1CCNC1. The number of ketones is 2. The smallest absolute Gasteiger partial charge is 0.339 e. The maximum absolute atomic E-state index is 12.6. The number of urea groups is 1. The van der Waals surface area contributed by atoms with E-state index >= 15 is 0 Å². The van der Waals surface area contributed by atoms with Crippen molar-refractivity contribution in [2.45, 2.75) is 37.7 Å². The number of amides is 2. The average Bonchev–Trinajstić information content (AvgIpc) is 3.46. The van der Waals surface area contributed by atoms with Crippen LogP contribution < -0.4 is 26.6 Å². The van der Waals surface area contributed by atoms with Gasteiger partial charge < -0.3 is 26.6 Å². The van der Waals surface area contributed by atoms with Gasteiger partial charge in [0, 0.05) is 29.6 Å². The molecule has 0 aliphatic carbocycles. The minimum absolute atomic E-state index is 0.158. The van der Waals surface area contributed by atoms with E-state index in [1.54, 1.807) is 6.20 Å². The van der Waals surface area contributed by atoms with Crippen molar-refractivity contribution in [3.05, 3.63) is 64.8 Å². The number of hydrogen-bond acceptors (Lipinski definition) is 8. The Bertz CT molecular complexity index is 1520. The van der Waals surface area contributed by atoms with Crippen molar-refractivity contribution >= 4 is 58.0 Å². The number of Topliss-reactive ketones (excluding diaryl/α,β-unsaturated/α-hetero) is 2. The molecule has 2 aromatic carbocycles. The predicted octanol–water partition coefficient (Wildman–Crippen LogP) is 5.45. The first-order valence-electron chi connectivity index (χ1n) is 13.0. The molecule has 1 fully saturated rings. The number of anilines is 5. The number of carbonyl (C=O) groups is 3. The molecule has 1 atom stereocenters. The molecule has 2 aliphatic rings. The zero-order valence-electron chi connectivity index (χ0n) is 22.5. The van der Waals surface area contributed by atoms with Crippen molar-refractivity contribution in [3.8, 4) is 0 Å². The molecule has 17 heteroatoms. The fraction of sp³-hybridized carbons (Fsp3) is 0.296. The van der Waals surface area contributed by atoms with Crippen molar-refractivity contribution in [1.29, 1.82) is 0 Å². The van der Waals surface area contributed by atoms with E-state index in [0.29, 0.717) is 16.8 Å². The molecule has 5 N–H and O–H groups in total. The number of halogens is 7. The van der Waals surface area contributed by atoms with Crippen LogP contribution >= 0.6 is 11.6 Å². The Morgan fingerprint density at radius 2 is 1.61 bits per heavy atom. The average molecular weight is 644 g/mol. The van der Waals surface area contributed by atoms with Crippen LogP contribution in [0.25, 0.3) is 0 Å². The Hall–Kier alpha value is -4.44. The second kappa shape index (κ2) is 13.5.